The minimum atomic E-state index is 0.303. The Bertz CT molecular complexity index is 262. The molecule has 2 rings (SSSR count). The van der Waals surface area contributed by atoms with Crippen molar-refractivity contribution in [1.82, 2.24) is 4.90 Å². The second kappa shape index (κ2) is 5.72. The van der Waals surface area contributed by atoms with E-state index in [4.69, 9.17) is 5.73 Å². The molecule has 18 heavy (non-hydrogen) atoms. The SMILES string of the molecule is CN(C1CCC(C)(C)CC1)C1(CN)CCSCC1. The van der Waals surface area contributed by atoms with Crippen molar-refractivity contribution in [2.75, 3.05) is 25.1 Å². The summed E-state index contributed by atoms with van der Waals surface area (Å²) in [7, 11) is 2.34. The molecule has 2 N–H and O–H groups in total. The van der Waals surface area contributed by atoms with Crippen LogP contribution in [0.5, 0.6) is 0 Å². The Labute approximate surface area is 117 Å². The molecule has 0 spiro atoms. The lowest BCUT2D eigenvalue weighted by Crippen LogP contribution is -2.58. The van der Waals surface area contributed by atoms with E-state index in [0.717, 1.165) is 12.6 Å². The largest absolute Gasteiger partial charge is 0.329 e. The van der Waals surface area contributed by atoms with Crippen LogP contribution in [0.25, 0.3) is 0 Å². The summed E-state index contributed by atoms with van der Waals surface area (Å²) in [5, 5.41) is 0. The summed E-state index contributed by atoms with van der Waals surface area (Å²) >= 11 is 2.09. The van der Waals surface area contributed by atoms with Crippen molar-refractivity contribution in [2.24, 2.45) is 11.1 Å². The van der Waals surface area contributed by atoms with Gasteiger partial charge in [0.1, 0.15) is 0 Å². The number of hydrogen-bond donors (Lipinski definition) is 1. The summed E-state index contributed by atoms with van der Waals surface area (Å²) < 4.78 is 0. The predicted octanol–water partition coefficient (Wildman–Crippen LogP) is 3.11. The van der Waals surface area contributed by atoms with Gasteiger partial charge in [-0.15, -0.1) is 0 Å². The lowest BCUT2D eigenvalue weighted by molar-refractivity contribution is 0.0307. The van der Waals surface area contributed by atoms with Crippen LogP contribution in [-0.2, 0) is 0 Å². The van der Waals surface area contributed by atoms with Gasteiger partial charge in [0.25, 0.3) is 0 Å². The van der Waals surface area contributed by atoms with Crippen LogP contribution >= 0.6 is 11.8 Å². The molecule has 1 aliphatic carbocycles. The normalized spacial score (nSPS) is 28.5. The molecule has 1 heterocycles. The Balaban J connectivity index is 1.99. The highest BCUT2D eigenvalue weighted by Crippen LogP contribution is 2.40. The van der Waals surface area contributed by atoms with Crippen molar-refractivity contribution in [2.45, 2.75) is 64.0 Å². The summed E-state index contributed by atoms with van der Waals surface area (Å²) in [4.78, 5) is 2.67. The molecular formula is C15H30N2S. The van der Waals surface area contributed by atoms with Crippen LogP contribution in [0.2, 0.25) is 0 Å². The summed E-state index contributed by atoms with van der Waals surface area (Å²) in [6, 6.07) is 0.768. The standard InChI is InChI=1S/C15H30N2S/c1-14(2)6-4-13(5-7-14)17(3)15(12-16)8-10-18-11-9-15/h13H,4-12,16H2,1-3H3. The van der Waals surface area contributed by atoms with E-state index in [1.165, 1.54) is 50.0 Å². The van der Waals surface area contributed by atoms with Crippen molar-refractivity contribution in [1.29, 1.82) is 0 Å². The van der Waals surface area contributed by atoms with Crippen LogP contribution in [0.3, 0.4) is 0 Å². The second-order valence-electron chi connectivity index (χ2n) is 7.05. The van der Waals surface area contributed by atoms with Gasteiger partial charge in [-0.05, 0) is 62.5 Å². The zero-order valence-electron chi connectivity index (χ0n) is 12.4. The first kappa shape index (κ1) is 14.7. The quantitative estimate of drug-likeness (QED) is 0.854. The Kier molecular flexibility index (Phi) is 4.66. The van der Waals surface area contributed by atoms with Gasteiger partial charge in [0.2, 0.25) is 0 Å². The third-order valence-corrected chi connectivity index (χ3v) is 6.39. The molecule has 0 radical (unpaired) electrons. The number of likely N-dealkylation sites (N-methyl/N-ethyl adjacent to an activating group) is 1. The van der Waals surface area contributed by atoms with Gasteiger partial charge in [-0.3, -0.25) is 4.90 Å². The third kappa shape index (κ3) is 3.05. The summed E-state index contributed by atoms with van der Waals surface area (Å²) in [5.41, 5.74) is 7.02. The molecule has 2 nitrogen and oxygen atoms in total. The first-order valence-corrected chi connectivity index (χ1v) is 8.65. The minimum Gasteiger partial charge on any atom is -0.329 e. The van der Waals surface area contributed by atoms with Gasteiger partial charge < -0.3 is 5.73 Å². The van der Waals surface area contributed by atoms with Crippen LogP contribution in [0.4, 0.5) is 0 Å². The van der Waals surface area contributed by atoms with Crippen molar-refractivity contribution in [3.8, 4) is 0 Å². The van der Waals surface area contributed by atoms with E-state index in [1.54, 1.807) is 0 Å². The van der Waals surface area contributed by atoms with Gasteiger partial charge in [-0.25, -0.2) is 0 Å². The molecule has 0 bridgehead atoms. The molecule has 0 unspecified atom stereocenters. The molecule has 0 aromatic carbocycles. The van der Waals surface area contributed by atoms with E-state index >= 15 is 0 Å². The summed E-state index contributed by atoms with van der Waals surface area (Å²) in [5.74, 6) is 2.58. The third-order valence-electron chi connectivity index (χ3n) is 5.41. The number of thioether (sulfide) groups is 1. The van der Waals surface area contributed by atoms with Gasteiger partial charge in [-0.2, -0.15) is 11.8 Å². The molecule has 0 atom stereocenters. The highest BCUT2D eigenvalue weighted by Gasteiger charge is 2.40. The molecule has 0 aromatic heterocycles. The number of nitrogens with zero attached hydrogens (tertiary/aromatic N) is 1. The van der Waals surface area contributed by atoms with Crippen molar-refractivity contribution in [3.63, 3.8) is 0 Å². The van der Waals surface area contributed by atoms with Crippen molar-refractivity contribution < 1.29 is 0 Å². The van der Waals surface area contributed by atoms with Gasteiger partial charge in [0.05, 0.1) is 0 Å². The highest BCUT2D eigenvalue weighted by atomic mass is 32.2. The van der Waals surface area contributed by atoms with Gasteiger partial charge >= 0.3 is 0 Å². The minimum absolute atomic E-state index is 0.303. The molecule has 1 saturated heterocycles. The summed E-state index contributed by atoms with van der Waals surface area (Å²) in [6.07, 6.45) is 8.03. The smallest absolute Gasteiger partial charge is 0.0347 e. The fourth-order valence-electron chi connectivity index (χ4n) is 3.61. The number of rotatable bonds is 3. The molecular weight excluding hydrogens is 240 g/mol. The Morgan fingerprint density at radius 2 is 1.67 bits per heavy atom. The molecule has 3 heteroatoms. The monoisotopic (exact) mass is 270 g/mol. The van der Waals surface area contributed by atoms with E-state index in [1.807, 2.05) is 0 Å². The zero-order chi connectivity index (χ0) is 13.2. The average Bonchev–Trinajstić information content (AvgIpc) is 2.39. The molecule has 2 aliphatic rings. The Morgan fingerprint density at radius 1 is 1.11 bits per heavy atom. The first-order valence-electron chi connectivity index (χ1n) is 7.50. The summed E-state index contributed by atoms with van der Waals surface area (Å²) in [6.45, 7) is 5.67. The predicted molar refractivity (Wildman–Crippen MR) is 82.1 cm³/mol. The Morgan fingerprint density at radius 3 is 2.17 bits per heavy atom. The fourth-order valence-corrected chi connectivity index (χ4v) is 4.86. The second-order valence-corrected chi connectivity index (χ2v) is 8.27. The van der Waals surface area contributed by atoms with E-state index in [-0.39, 0.29) is 0 Å². The maximum absolute atomic E-state index is 6.15. The number of hydrogen-bond acceptors (Lipinski definition) is 3. The lowest BCUT2D eigenvalue weighted by atomic mass is 9.74. The number of nitrogens with two attached hydrogens (primary N) is 1. The van der Waals surface area contributed by atoms with Gasteiger partial charge in [-0.1, -0.05) is 13.8 Å². The van der Waals surface area contributed by atoms with Crippen LogP contribution in [0.15, 0.2) is 0 Å². The maximum atomic E-state index is 6.15. The molecule has 0 amide bonds. The van der Waals surface area contributed by atoms with Gasteiger partial charge in [0, 0.05) is 18.1 Å². The van der Waals surface area contributed by atoms with Gasteiger partial charge in [0.15, 0.2) is 0 Å². The zero-order valence-corrected chi connectivity index (χ0v) is 13.2. The molecule has 1 aliphatic heterocycles. The van der Waals surface area contributed by atoms with Crippen molar-refractivity contribution >= 4 is 11.8 Å². The molecule has 1 saturated carbocycles. The van der Waals surface area contributed by atoms with Crippen LogP contribution in [0.1, 0.15) is 52.4 Å². The Hall–Kier alpha value is 0.270. The topological polar surface area (TPSA) is 29.3 Å². The van der Waals surface area contributed by atoms with Crippen molar-refractivity contribution in [3.05, 3.63) is 0 Å². The van der Waals surface area contributed by atoms with Crippen LogP contribution < -0.4 is 5.73 Å². The van der Waals surface area contributed by atoms with E-state index in [0.29, 0.717) is 11.0 Å². The molecule has 0 aromatic rings. The van der Waals surface area contributed by atoms with Crippen LogP contribution in [0, 0.1) is 5.41 Å². The lowest BCUT2D eigenvalue weighted by Gasteiger charge is -2.50. The first-order chi connectivity index (χ1) is 8.49. The van der Waals surface area contributed by atoms with E-state index in [9.17, 15) is 0 Å². The fraction of sp³-hybridized carbons (Fsp3) is 1.00. The molecule has 2 fully saturated rings. The highest BCUT2D eigenvalue weighted by molar-refractivity contribution is 7.99. The van der Waals surface area contributed by atoms with E-state index < -0.39 is 0 Å². The maximum Gasteiger partial charge on any atom is 0.0347 e. The van der Waals surface area contributed by atoms with Crippen LogP contribution in [-0.4, -0.2) is 41.6 Å². The molecule has 106 valence electrons. The van der Waals surface area contributed by atoms with E-state index in [2.05, 4.69) is 37.6 Å². The average molecular weight is 270 g/mol.